The Hall–Kier alpha value is -2.75. The lowest BCUT2D eigenvalue weighted by atomic mass is 10.0. The smallest absolute Gasteiger partial charge is 0.251 e. The monoisotopic (exact) mass is 376 g/mol. The lowest BCUT2D eigenvalue weighted by molar-refractivity contribution is 0.0952. The molecule has 1 aliphatic rings. The second-order valence-corrected chi connectivity index (χ2v) is 8.39. The molecule has 2 atom stereocenters. The number of para-hydroxylation sites is 1. The Morgan fingerprint density at radius 3 is 2.57 bits per heavy atom. The van der Waals surface area contributed by atoms with Gasteiger partial charge in [0, 0.05) is 28.7 Å². The largest absolute Gasteiger partial charge is 0.497 e. The fourth-order valence-corrected chi connectivity index (χ4v) is 4.74. The van der Waals surface area contributed by atoms with Crippen LogP contribution in [0.5, 0.6) is 5.75 Å². The number of hydrogen-bond donors (Lipinski definition) is 2. The zero-order chi connectivity index (χ0) is 19.9. The first kappa shape index (κ1) is 18.6. The molecule has 1 aromatic heterocycles. The maximum atomic E-state index is 12.4. The van der Waals surface area contributed by atoms with Crippen LogP contribution in [0.15, 0.2) is 48.5 Å². The second-order valence-electron chi connectivity index (χ2n) is 8.39. The number of aryl methyl sites for hydroxylation is 1. The Morgan fingerprint density at radius 1 is 1.14 bits per heavy atom. The number of carbonyl (C=O) groups is 1. The normalized spacial score (nSPS) is 20.1. The predicted octanol–water partition coefficient (Wildman–Crippen LogP) is 5.04. The van der Waals surface area contributed by atoms with Crippen LogP contribution in [0.2, 0.25) is 0 Å². The molecular weight excluding hydrogens is 348 g/mol. The van der Waals surface area contributed by atoms with Gasteiger partial charge >= 0.3 is 0 Å². The fourth-order valence-electron chi connectivity index (χ4n) is 4.74. The molecule has 1 saturated carbocycles. The van der Waals surface area contributed by atoms with Gasteiger partial charge in [0.15, 0.2) is 0 Å². The van der Waals surface area contributed by atoms with E-state index in [-0.39, 0.29) is 11.3 Å². The Morgan fingerprint density at radius 2 is 1.86 bits per heavy atom. The highest BCUT2D eigenvalue weighted by atomic mass is 16.5. The third-order valence-corrected chi connectivity index (χ3v) is 6.40. The zero-order valence-corrected chi connectivity index (χ0v) is 17.0. The van der Waals surface area contributed by atoms with Crippen LogP contribution >= 0.6 is 0 Å². The van der Waals surface area contributed by atoms with Crippen LogP contribution < -0.4 is 10.1 Å². The molecule has 1 amide bonds. The highest BCUT2D eigenvalue weighted by molar-refractivity contribution is 5.94. The third-order valence-electron chi connectivity index (χ3n) is 6.40. The number of ether oxygens (including phenoxy) is 1. The molecule has 0 saturated heterocycles. The van der Waals surface area contributed by atoms with Gasteiger partial charge in [-0.05, 0) is 66.5 Å². The molecule has 0 bridgehead atoms. The summed E-state index contributed by atoms with van der Waals surface area (Å²) < 4.78 is 5.15. The average Bonchev–Trinajstić information content (AvgIpc) is 3.05. The van der Waals surface area contributed by atoms with Crippen molar-refractivity contribution in [3.63, 3.8) is 0 Å². The molecule has 3 aromatic rings. The van der Waals surface area contributed by atoms with Crippen molar-refractivity contribution in [3.8, 4) is 5.75 Å². The Balaban J connectivity index is 1.41. The number of fused-ring (bicyclic) bond motifs is 1. The summed E-state index contributed by atoms with van der Waals surface area (Å²) in [4.78, 5) is 15.9. The van der Waals surface area contributed by atoms with E-state index in [0.29, 0.717) is 23.9 Å². The van der Waals surface area contributed by atoms with Crippen LogP contribution in [0.25, 0.3) is 10.9 Å². The lowest BCUT2D eigenvalue weighted by Crippen LogP contribution is -2.25. The zero-order valence-electron chi connectivity index (χ0n) is 17.0. The quantitative estimate of drug-likeness (QED) is 0.633. The molecule has 1 heterocycles. The fraction of sp³-hybridized carbons (Fsp3) is 0.375. The summed E-state index contributed by atoms with van der Waals surface area (Å²) in [6.07, 6.45) is 0.985. The highest BCUT2D eigenvalue weighted by Gasteiger charge is 2.58. The molecule has 4 nitrogen and oxygen atoms in total. The maximum absolute atomic E-state index is 12.4. The number of benzene rings is 2. The van der Waals surface area contributed by atoms with Gasteiger partial charge in [-0.1, -0.05) is 32.0 Å². The number of nitrogens with one attached hydrogen (secondary N) is 2. The predicted molar refractivity (Wildman–Crippen MR) is 113 cm³/mol. The van der Waals surface area contributed by atoms with Crippen molar-refractivity contribution in [2.45, 2.75) is 33.1 Å². The molecule has 146 valence electrons. The standard InChI is InChI=1S/C24H28N2O2/c1-15-21(18-7-5-6-8-20(18)26-15)22-19(24(22,2)3)13-14-25-23(27)16-9-11-17(28-4)12-10-16/h5-12,19,22,26H,13-14H2,1-4H3,(H,25,27). The molecule has 28 heavy (non-hydrogen) atoms. The summed E-state index contributed by atoms with van der Waals surface area (Å²) in [5.41, 5.74) is 4.85. The Bertz CT molecular complexity index is 1000. The highest BCUT2D eigenvalue weighted by Crippen LogP contribution is 2.67. The Kier molecular flexibility index (Phi) is 4.66. The van der Waals surface area contributed by atoms with Crippen LogP contribution in [0.4, 0.5) is 0 Å². The number of amides is 1. The van der Waals surface area contributed by atoms with Gasteiger partial charge in [0.25, 0.3) is 5.91 Å². The molecule has 4 heteroatoms. The topological polar surface area (TPSA) is 54.1 Å². The van der Waals surface area contributed by atoms with Gasteiger partial charge in [0.2, 0.25) is 0 Å². The number of rotatable bonds is 6. The van der Waals surface area contributed by atoms with Crippen LogP contribution in [0.3, 0.4) is 0 Å². The van der Waals surface area contributed by atoms with Gasteiger partial charge in [0.1, 0.15) is 5.75 Å². The molecule has 1 aliphatic carbocycles. The Labute approximate surface area is 166 Å². The van der Waals surface area contributed by atoms with Gasteiger partial charge < -0.3 is 15.0 Å². The molecule has 2 unspecified atom stereocenters. The molecule has 2 N–H and O–H groups in total. The van der Waals surface area contributed by atoms with Crippen molar-refractivity contribution in [2.75, 3.05) is 13.7 Å². The number of methoxy groups -OCH3 is 1. The van der Waals surface area contributed by atoms with Gasteiger partial charge in [0.05, 0.1) is 7.11 Å². The minimum Gasteiger partial charge on any atom is -0.497 e. The van der Waals surface area contributed by atoms with Crippen LogP contribution in [0.1, 0.15) is 47.8 Å². The van der Waals surface area contributed by atoms with E-state index in [2.05, 4.69) is 55.3 Å². The minimum atomic E-state index is -0.0269. The van der Waals surface area contributed by atoms with Gasteiger partial charge in [-0.3, -0.25) is 4.79 Å². The first-order valence-corrected chi connectivity index (χ1v) is 9.93. The van der Waals surface area contributed by atoms with E-state index in [1.165, 1.54) is 22.2 Å². The van der Waals surface area contributed by atoms with Gasteiger partial charge in [-0.15, -0.1) is 0 Å². The van der Waals surface area contributed by atoms with Crippen LogP contribution in [-0.2, 0) is 0 Å². The van der Waals surface area contributed by atoms with E-state index in [4.69, 9.17) is 4.74 Å². The first-order valence-electron chi connectivity index (χ1n) is 9.93. The number of H-pyrrole nitrogens is 1. The SMILES string of the molecule is COc1ccc(C(=O)NCCC2C(c3c(C)[nH]c4ccccc34)C2(C)C)cc1. The lowest BCUT2D eigenvalue weighted by Gasteiger charge is -2.07. The van der Waals surface area contributed by atoms with Crippen LogP contribution in [-0.4, -0.2) is 24.5 Å². The summed E-state index contributed by atoms with van der Waals surface area (Å²) >= 11 is 0. The van der Waals surface area contributed by atoms with E-state index in [9.17, 15) is 4.79 Å². The van der Waals surface area contributed by atoms with E-state index >= 15 is 0 Å². The number of aromatic amines is 1. The van der Waals surface area contributed by atoms with Crippen molar-refractivity contribution >= 4 is 16.8 Å². The number of aromatic nitrogens is 1. The summed E-state index contributed by atoms with van der Waals surface area (Å²) in [6.45, 7) is 7.55. The summed E-state index contributed by atoms with van der Waals surface area (Å²) in [5.74, 6) is 1.83. The molecule has 2 aromatic carbocycles. The summed E-state index contributed by atoms with van der Waals surface area (Å²) in [7, 11) is 1.62. The van der Waals surface area contributed by atoms with E-state index in [0.717, 1.165) is 12.2 Å². The molecule has 0 aliphatic heterocycles. The summed E-state index contributed by atoms with van der Waals surface area (Å²) in [6, 6.07) is 15.8. The van der Waals surface area contributed by atoms with E-state index < -0.39 is 0 Å². The second kappa shape index (κ2) is 7.01. The molecular formula is C24H28N2O2. The van der Waals surface area contributed by atoms with E-state index in [1.54, 1.807) is 19.2 Å². The molecule has 4 rings (SSSR count). The molecule has 0 spiro atoms. The van der Waals surface area contributed by atoms with E-state index in [1.807, 2.05) is 12.1 Å². The van der Waals surface area contributed by atoms with Crippen molar-refractivity contribution in [1.29, 1.82) is 0 Å². The number of hydrogen-bond acceptors (Lipinski definition) is 2. The summed E-state index contributed by atoms with van der Waals surface area (Å²) in [5, 5.41) is 4.41. The van der Waals surface area contributed by atoms with Gasteiger partial charge in [-0.25, -0.2) is 0 Å². The molecule has 0 radical (unpaired) electrons. The number of carbonyl (C=O) groups excluding carboxylic acids is 1. The van der Waals surface area contributed by atoms with Gasteiger partial charge in [-0.2, -0.15) is 0 Å². The van der Waals surface area contributed by atoms with Crippen molar-refractivity contribution in [3.05, 3.63) is 65.4 Å². The minimum absolute atomic E-state index is 0.0269. The molecule has 1 fully saturated rings. The average molecular weight is 377 g/mol. The van der Waals surface area contributed by atoms with Crippen molar-refractivity contribution in [2.24, 2.45) is 11.3 Å². The van der Waals surface area contributed by atoms with Crippen molar-refractivity contribution in [1.82, 2.24) is 10.3 Å². The van der Waals surface area contributed by atoms with Crippen molar-refractivity contribution < 1.29 is 9.53 Å². The third kappa shape index (κ3) is 3.17. The van der Waals surface area contributed by atoms with Crippen LogP contribution in [0, 0.1) is 18.3 Å². The first-order chi connectivity index (χ1) is 13.4. The maximum Gasteiger partial charge on any atom is 0.251 e.